The number of rotatable bonds is 1. The number of amides is 1. The number of halogens is 1. The first-order chi connectivity index (χ1) is 6.96. The Morgan fingerprint density at radius 3 is 2.87 bits per heavy atom. The van der Waals surface area contributed by atoms with Crippen LogP contribution in [-0.2, 0) is 4.79 Å². The summed E-state index contributed by atoms with van der Waals surface area (Å²) in [5.41, 5.74) is 0.474. The molecule has 2 aliphatic rings. The summed E-state index contributed by atoms with van der Waals surface area (Å²) in [5, 5.41) is 12.2. The van der Waals surface area contributed by atoms with Crippen LogP contribution in [0, 0.1) is 17.3 Å². The third kappa shape index (κ3) is 1.56. The van der Waals surface area contributed by atoms with Crippen LogP contribution in [0.25, 0.3) is 0 Å². The van der Waals surface area contributed by atoms with Gasteiger partial charge >= 0.3 is 0 Å². The zero-order valence-corrected chi connectivity index (χ0v) is 10.3. The van der Waals surface area contributed by atoms with E-state index in [0.717, 1.165) is 10.2 Å². The highest BCUT2D eigenvalue weighted by Crippen LogP contribution is 2.46. The van der Waals surface area contributed by atoms with Gasteiger partial charge in [-0.1, -0.05) is 35.9 Å². The van der Waals surface area contributed by atoms with Crippen molar-refractivity contribution in [2.45, 2.75) is 13.8 Å². The van der Waals surface area contributed by atoms with Gasteiger partial charge in [-0.25, -0.2) is 0 Å². The number of aliphatic hydroxyl groups excluding tert-OH is 1. The predicted molar refractivity (Wildman–Crippen MR) is 61.1 cm³/mol. The summed E-state index contributed by atoms with van der Waals surface area (Å²) in [6, 6.07) is 0. The maximum atomic E-state index is 11.8. The Labute approximate surface area is 97.4 Å². The molecule has 1 heterocycles. The summed E-state index contributed by atoms with van der Waals surface area (Å²) in [6.07, 6.45) is 3.89. The number of fused-ring (bicyclic) bond motifs is 1. The van der Waals surface area contributed by atoms with Gasteiger partial charge in [0.25, 0.3) is 0 Å². The normalized spacial score (nSPS) is 32.9. The van der Waals surface area contributed by atoms with E-state index >= 15 is 0 Å². The molecule has 2 N–H and O–H groups in total. The molecule has 0 spiro atoms. The van der Waals surface area contributed by atoms with E-state index in [1.807, 2.05) is 26.0 Å². The summed E-state index contributed by atoms with van der Waals surface area (Å²) < 4.78 is 0.922. The fourth-order valence-corrected chi connectivity index (χ4v) is 3.03. The Morgan fingerprint density at radius 2 is 2.27 bits per heavy atom. The number of hydrogen-bond donors (Lipinski definition) is 2. The molecule has 1 fully saturated rings. The molecule has 15 heavy (non-hydrogen) atoms. The minimum Gasteiger partial charge on any atom is -0.396 e. The molecule has 1 saturated heterocycles. The molecule has 0 bridgehead atoms. The zero-order chi connectivity index (χ0) is 11.2. The molecule has 0 radical (unpaired) electrons. The van der Waals surface area contributed by atoms with Crippen LogP contribution in [0.3, 0.4) is 0 Å². The highest BCUT2D eigenvalue weighted by molar-refractivity contribution is 9.11. The van der Waals surface area contributed by atoms with E-state index in [0.29, 0.717) is 0 Å². The lowest BCUT2D eigenvalue weighted by Crippen LogP contribution is -2.33. The van der Waals surface area contributed by atoms with E-state index in [1.54, 1.807) is 0 Å². The molecule has 1 amide bonds. The van der Waals surface area contributed by atoms with Crippen molar-refractivity contribution in [2.24, 2.45) is 17.3 Å². The monoisotopic (exact) mass is 271 g/mol. The molecule has 0 aromatic heterocycles. The molecule has 82 valence electrons. The van der Waals surface area contributed by atoms with Crippen molar-refractivity contribution >= 4 is 21.8 Å². The standard InChI is InChI=1S/C11H14BrNO2/c1-11(2)9-6(5-14)3-7(12)4-8(9)13-10(11)15/h3-4,6,9,14H,5H2,1-2H3,(H,13,15). The Balaban J connectivity index is 2.43. The molecule has 1 aliphatic carbocycles. The van der Waals surface area contributed by atoms with E-state index in [4.69, 9.17) is 0 Å². The van der Waals surface area contributed by atoms with Gasteiger partial charge in [0.1, 0.15) is 0 Å². The van der Waals surface area contributed by atoms with Gasteiger partial charge in [0.05, 0.1) is 12.0 Å². The van der Waals surface area contributed by atoms with Crippen LogP contribution >= 0.6 is 15.9 Å². The molecule has 0 aromatic carbocycles. The van der Waals surface area contributed by atoms with Crippen molar-refractivity contribution in [3.05, 3.63) is 22.3 Å². The number of allylic oxidation sites excluding steroid dienone is 3. The van der Waals surface area contributed by atoms with Crippen LogP contribution in [0.1, 0.15) is 13.8 Å². The summed E-state index contributed by atoms with van der Waals surface area (Å²) in [5.74, 6) is 0.109. The number of nitrogens with one attached hydrogen (secondary N) is 1. The summed E-state index contributed by atoms with van der Waals surface area (Å²) in [7, 11) is 0. The van der Waals surface area contributed by atoms with E-state index < -0.39 is 5.41 Å². The lowest BCUT2D eigenvalue weighted by molar-refractivity contribution is -0.127. The van der Waals surface area contributed by atoms with Crippen LogP contribution in [0.5, 0.6) is 0 Å². The molecular formula is C11H14BrNO2. The van der Waals surface area contributed by atoms with E-state index in [1.165, 1.54) is 0 Å². The third-order valence-electron chi connectivity index (χ3n) is 3.26. The van der Waals surface area contributed by atoms with Gasteiger partial charge in [-0.2, -0.15) is 0 Å². The van der Waals surface area contributed by atoms with Gasteiger partial charge < -0.3 is 10.4 Å². The maximum absolute atomic E-state index is 11.8. The van der Waals surface area contributed by atoms with Gasteiger partial charge in [0.2, 0.25) is 5.91 Å². The average Bonchev–Trinajstić information content (AvgIpc) is 2.36. The third-order valence-corrected chi connectivity index (χ3v) is 3.75. The first-order valence-corrected chi connectivity index (χ1v) is 5.77. The average molecular weight is 272 g/mol. The highest BCUT2D eigenvalue weighted by Gasteiger charge is 2.49. The number of carbonyl (C=O) groups is 1. The van der Waals surface area contributed by atoms with Crippen molar-refractivity contribution < 1.29 is 9.90 Å². The molecule has 2 rings (SSSR count). The molecule has 2 atom stereocenters. The molecule has 3 nitrogen and oxygen atoms in total. The lowest BCUT2D eigenvalue weighted by Gasteiger charge is -2.31. The first-order valence-electron chi connectivity index (χ1n) is 4.98. The van der Waals surface area contributed by atoms with E-state index in [-0.39, 0.29) is 24.3 Å². The molecule has 0 saturated carbocycles. The Morgan fingerprint density at radius 1 is 1.60 bits per heavy atom. The van der Waals surface area contributed by atoms with Crippen LogP contribution in [0.2, 0.25) is 0 Å². The van der Waals surface area contributed by atoms with E-state index in [9.17, 15) is 9.90 Å². The molecule has 1 aliphatic heterocycles. The molecule has 2 unspecified atom stereocenters. The van der Waals surface area contributed by atoms with Crippen molar-refractivity contribution in [1.29, 1.82) is 0 Å². The number of carbonyl (C=O) groups excluding carboxylic acids is 1. The second-order valence-electron chi connectivity index (χ2n) is 4.65. The minimum atomic E-state index is -0.441. The van der Waals surface area contributed by atoms with Gasteiger partial charge in [-0.15, -0.1) is 0 Å². The number of aliphatic hydroxyl groups is 1. The molecule has 4 heteroatoms. The lowest BCUT2D eigenvalue weighted by atomic mass is 9.71. The van der Waals surface area contributed by atoms with Crippen LogP contribution in [-0.4, -0.2) is 17.6 Å². The van der Waals surface area contributed by atoms with Gasteiger partial charge in [0, 0.05) is 22.0 Å². The fraction of sp³-hybridized carbons (Fsp3) is 0.545. The second kappa shape index (κ2) is 3.46. The van der Waals surface area contributed by atoms with Gasteiger partial charge in [0.15, 0.2) is 0 Å². The number of hydrogen-bond acceptors (Lipinski definition) is 2. The van der Waals surface area contributed by atoms with Crippen molar-refractivity contribution in [1.82, 2.24) is 5.32 Å². The molecule has 0 aromatic rings. The fourth-order valence-electron chi connectivity index (χ4n) is 2.45. The Hall–Kier alpha value is -0.610. The van der Waals surface area contributed by atoms with Gasteiger partial charge in [-0.05, 0) is 6.08 Å². The second-order valence-corrected chi connectivity index (χ2v) is 5.57. The van der Waals surface area contributed by atoms with Crippen LogP contribution < -0.4 is 5.32 Å². The van der Waals surface area contributed by atoms with Gasteiger partial charge in [-0.3, -0.25) is 4.79 Å². The largest absolute Gasteiger partial charge is 0.396 e. The Kier molecular flexibility index (Phi) is 2.51. The highest BCUT2D eigenvalue weighted by atomic mass is 79.9. The summed E-state index contributed by atoms with van der Waals surface area (Å²) in [6.45, 7) is 3.91. The molecular weight excluding hydrogens is 258 g/mol. The topological polar surface area (TPSA) is 49.3 Å². The summed E-state index contributed by atoms with van der Waals surface area (Å²) >= 11 is 3.39. The first kappa shape index (κ1) is 10.9. The van der Waals surface area contributed by atoms with E-state index in [2.05, 4.69) is 21.2 Å². The van der Waals surface area contributed by atoms with Crippen LogP contribution in [0.4, 0.5) is 0 Å². The van der Waals surface area contributed by atoms with Crippen molar-refractivity contribution in [3.63, 3.8) is 0 Å². The quantitative estimate of drug-likeness (QED) is 0.760. The van der Waals surface area contributed by atoms with Crippen molar-refractivity contribution in [2.75, 3.05) is 6.61 Å². The maximum Gasteiger partial charge on any atom is 0.230 e. The Bertz CT molecular complexity index is 371. The summed E-state index contributed by atoms with van der Waals surface area (Å²) in [4.78, 5) is 11.8. The minimum absolute atomic E-state index is 0.00771. The predicted octanol–water partition coefficient (Wildman–Crippen LogP) is 1.54. The zero-order valence-electron chi connectivity index (χ0n) is 8.75. The smallest absolute Gasteiger partial charge is 0.230 e. The van der Waals surface area contributed by atoms with Crippen molar-refractivity contribution in [3.8, 4) is 0 Å². The van der Waals surface area contributed by atoms with Crippen LogP contribution in [0.15, 0.2) is 22.3 Å². The SMILES string of the molecule is CC1(C)C(=O)NC2=CC(Br)=CC(CO)C21.